The Bertz CT molecular complexity index is 582. The van der Waals surface area contributed by atoms with Gasteiger partial charge in [-0.05, 0) is 37.3 Å². The minimum atomic E-state index is -0.122. The van der Waals surface area contributed by atoms with E-state index in [9.17, 15) is 4.39 Å². The third-order valence-corrected chi connectivity index (χ3v) is 4.73. The molecule has 26 heavy (non-hydrogen) atoms. The Balaban J connectivity index is 0.00000243. The molecule has 0 aromatic heterocycles. The van der Waals surface area contributed by atoms with E-state index in [4.69, 9.17) is 9.47 Å². The van der Waals surface area contributed by atoms with Crippen molar-refractivity contribution in [3.8, 4) is 0 Å². The molecule has 0 amide bonds. The molecule has 146 valence electrons. The molecule has 3 unspecified atom stereocenters. The smallest absolute Gasteiger partial charge is 0.191 e. The van der Waals surface area contributed by atoms with Gasteiger partial charge in [0.25, 0.3) is 0 Å². The molecule has 3 rings (SSSR count). The molecule has 0 spiro atoms. The van der Waals surface area contributed by atoms with Crippen LogP contribution < -0.4 is 10.6 Å². The number of ether oxygens (including phenoxy) is 2. The van der Waals surface area contributed by atoms with Gasteiger partial charge in [0, 0.05) is 38.8 Å². The number of halogens is 2. The van der Waals surface area contributed by atoms with Crippen molar-refractivity contribution in [3.05, 3.63) is 35.6 Å². The highest BCUT2D eigenvalue weighted by Crippen LogP contribution is 2.41. The first-order chi connectivity index (χ1) is 12.3. The van der Waals surface area contributed by atoms with E-state index in [-0.39, 0.29) is 47.9 Å². The minimum absolute atomic E-state index is 0. The van der Waals surface area contributed by atoms with Crippen molar-refractivity contribution in [2.75, 3.05) is 33.4 Å². The molecule has 1 heterocycles. The van der Waals surface area contributed by atoms with E-state index in [2.05, 4.69) is 15.6 Å². The fourth-order valence-electron chi connectivity index (χ4n) is 3.22. The quantitative estimate of drug-likeness (QED) is 0.262. The van der Waals surface area contributed by atoms with Gasteiger partial charge in [0.2, 0.25) is 0 Å². The maximum atomic E-state index is 13.8. The van der Waals surface area contributed by atoms with Gasteiger partial charge in [0.15, 0.2) is 5.96 Å². The molecule has 0 bridgehead atoms. The van der Waals surface area contributed by atoms with Gasteiger partial charge < -0.3 is 20.1 Å². The molecule has 2 aliphatic rings. The summed E-state index contributed by atoms with van der Waals surface area (Å²) in [4.78, 5) is 4.24. The number of hydrogen-bond donors (Lipinski definition) is 2. The average Bonchev–Trinajstić information content (AvgIpc) is 3.18. The highest BCUT2D eigenvalue weighted by Gasteiger charge is 2.40. The molecule has 1 saturated heterocycles. The Hall–Kier alpha value is -0.930. The van der Waals surface area contributed by atoms with Crippen molar-refractivity contribution < 1.29 is 13.9 Å². The van der Waals surface area contributed by atoms with Gasteiger partial charge in [-0.15, -0.1) is 24.0 Å². The van der Waals surface area contributed by atoms with Crippen molar-refractivity contribution in [2.24, 2.45) is 4.99 Å². The van der Waals surface area contributed by atoms with Gasteiger partial charge in [-0.1, -0.05) is 18.2 Å². The van der Waals surface area contributed by atoms with Gasteiger partial charge in [0.1, 0.15) is 5.82 Å². The topological polar surface area (TPSA) is 54.9 Å². The maximum Gasteiger partial charge on any atom is 0.191 e. The number of guanidine groups is 1. The molecule has 2 fully saturated rings. The highest BCUT2D eigenvalue weighted by atomic mass is 127. The second kappa shape index (κ2) is 11.0. The second-order valence-electron chi connectivity index (χ2n) is 6.68. The Kier molecular flexibility index (Phi) is 9.07. The summed E-state index contributed by atoms with van der Waals surface area (Å²) >= 11 is 0. The predicted molar refractivity (Wildman–Crippen MR) is 112 cm³/mol. The number of rotatable bonds is 8. The minimum Gasteiger partial charge on any atom is -0.379 e. The summed E-state index contributed by atoms with van der Waals surface area (Å²) in [6, 6.07) is 7.25. The molecule has 5 nitrogen and oxygen atoms in total. The number of benzene rings is 1. The van der Waals surface area contributed by atoms with Crippen LogP contribution in [0.2, 0.25) is 0 Å². The lowest BCUT2D eigenvalue weighted by Crippen LogP contribution is -2.39. The van der Waals surface area contributed by atoms with Crippen molar-refractivity contribution in [1.29, 1.82) is 0 Å². The Morgan fingerprint density at radius 1 is 1.38 bits per heavy atom. The van der Waals surface area contributed by atoms with Crippen LogP contribution in [0.3, 0.4) is 0 Å². The molecule has 1 saturated carbocycles. The molecule has 1 aromatic carbocycles. The van der Waals surface area contributed by atoms with Gasteiger partial charge >= 0.3 is 0 Å². The highest BCUT2D eigenvalue weighted by molar-refractivity contribution is 14.0. The third kappa shape index (κ3) is 6.35. The van der Waals surface area contributed by atoms with Crippen molar-refractivity contribution in [1.82, 2.24) is 10.6 Å². The molecule has 1 aliphatic heterocycles. The summed E-state index contributed by atoms with van der Waals surface area (Å²) in [5, 5.41) is 6.65. The van der Waals surface area contributed by atoms with E-state index in [0.717, 1.165) is 50.4 Å². The first kappa shape index (κ1) is 21.4. The van der Waals surface area contributed by atoms with Crippen LogP contribution >= 0.6 is 24.0 Å². The number of nitrogens with zero attached hydrogens (tertiary/aromatic N) is 1. The van der Waals surface area contributed by atoms with Crippen LogP contribution in [0.25, 0.3) is 0 Å². The zero-order valence-electron chi connectivity index (χ0n) is 15.2. The van der Waals surface area contributed by atoms with Crippen molar-refractivity contribution >= 4 is 29.9 Å². The van der Waals surface area contributed by atoms with Crippen molar-refractivity contribution in [2.45, 2.75) is 43.7 Å². The summed E-state index contributed by atoms with van der Waals surface area (Å²) in [7, 11) is 1.75. The number of hydrogen-bond acceptors (Lipinski definition) is 3. The summed E-state index contributed by atoms with van der Waals surface area (Å²) in [5.74, 6) is 0.876. The average molecular weight is 477 g/mol. The first-order valence-electron chi connectivity index (χ1n) is 9.19. The Morgan fingerprint density at radius 2 is 2.23 bits per heavy atom. The lowest BCUT2D eigenvalue weighted by molar-refractivity contribution is 0.0168. The van der Waals surface area contributed by atoms with Gasteiger partial charge in [-0.25, -0.2) is 4.39 Å². The predicted octanol–water partition coefficient (Wildman–Crippen LogP) is 3.05. The maximum absolute atomic E-state index is 13.8. The standard InChI is InChI=1S/C19H28FN3O2.HI/c1-21-19(22-9-5-10-24-13-14-6-4-11-25-14)23-18-12-16(18)15-7-2-3-8-17(15)20;/h2-3,7-8,14,16,18H,4-6,9-13H2,1H3,(H2,21,22,23);1H. The van der Waals surface area contributed by atoms with E-state index in [1.807, 2.05) is 12.1 Å². The lowest BCUT2D eigenvalue weighted by Gasteiger charge is -2.13. The van der Waals surface area contributed by atoms with Gasteiger partial charge in [-0.2, -0.15) is 0 Å². The van der Waals surface area contributed by atoms with Gasteiger partial charge in [-0.3, -0.25) is 4.99 Å². The van der Waals surface area contributed by atoms with Crippen LogP contribution in [0.4, 0.5) is 4.39 Å². The zero-order valence-corrected chi connectivity index (χ0v) is 17.6. The molecule has 1 aromatic rings. The van der Waals surface area contributed by atoms with Crippen LogP contribution in [0.5, 0.6) is 0 Å². The number of nitrogens with one attached hydrogen (secondary N) is 2. The second-order valence-corrected chi connectivity index (χ2v) is 6.68. The molecule has 1 aliphatic carbocycles. The molecule has 7 heteroatoms. The monoisotopic (exact) mass is 477 g/mol. The SMILES string of the molecule is CN=C(NCCCOCC1CCCO1)NC1CC1c1ccccc1F.I. The third-order valence-electron chi connectivity index (χ3n) is 4.73. The molecular weight excluding hydrogens is 448 g/mol. The summed E-state index contributed by atoms with van der Waals surface area (Å²) in [6.07, 6.45) is 4.39. The summed E-state index contributed by atoms with van der Waals surface area (Å²) in [6.45, 7) is 3.07. The summed E-state index contributed by atoms with van der Waals surface area (Å²) < 4.78 is 25.0. The lowest BCUT2D eigenvalue weighted by atomic mass is 10.1. The van der Waals surface area contributed by atoms with E-state index in [1.165, 1.54) is 6.07 Å². The van der Waals surface area contributed by atoms with Crippen LogP contribution in [0.1, 0.15) is 37.2 Å². The largest absolute Gasteiger partial charge is 0.379 e. The summed E-state index contributed by atoms with van der Waals surface area (Å²) in [5.41, 5.74) is 0.790. The Morgan fingerprint density at radius 3 is 2.96 bits per heavy atom. The molecule has 0 radical (unpaired) electrons. The van der Waals surface area contributed by atoms with E-state index < -0.39 is 0 Å². The first-order valence-corrected chi connectivity index (χ1v) is 9.19. The molecule has 3 atom stereocenters. The normalized spacial score (nSPS) is 24.8. The van der Waals surface area contributed by atoms with Crippen LogP contribution in [-0.4, -0.2) is 51.5 Å². The Labute approximate surface area is 172 Å². The van der Waals surface area contributed by atoms with Crippen LogP contribution in [-0.2, 0) is 9.47 Å². The van der Waals surface area contributed by atoms with Gasteiger partial charge in [0.05, 0.1) is 12.7 Å². The van der Waals surface area contributed by atoms with E-state index in [1.54, 1.807) is 13.1 Å². The van der Waals surface area contributed by atoms with Crippen LogP contribution in [0, 0.1) is 5.82 Å². The van der Waals surface area contributed by atoms with E-state index >= 15 is 0 Å². The fourth-order valence-corrected chi connectivity index (χ4v) is 3.22. The van der Waals surface area contributed by atoms with Crippen molar-refractivity contribution in [3.63, 3.8) is 0 Å². The van der Waals surface area contributed by atoms with E-state index in [0.29, 0.717) is 13.2 Å². The zero-order chi connectivity index (χ0) is 17.5. The van der Waals surface area contributed by atoms with Crippen LogP contribution in [0.15, 0.2) is 29.3 Å². The number of aliphatic imine (C=N–C) groups is 1. The molecular formula is C19H29FIN3O2. The fraction of sp³-hybridized carbons (Fsp3) is 0.632. The molecule has 2 N–H and O–H groups in total.